The van der Waals surface area contributed by atoms with E-state index >= 15 is 0 Å². The molecule has 0 atom stereocenters. The van der Waals surface area contributed by atoms with Gasteiger partial charge in [0.05, 0.1) is 5.56 Å². The SMILES string of the molecule is O=C(O)c1ccc(-c2cccc3cnccc23)c(O)c1. The molecular weight excluding hydrogens is 254 g/mol. The average Bonchev–Trinajstić information content (AvgIpc) is 2.46. The molecule has 0 unspecified atom stereocenters. The number of nitrogens with zero attached hydrogens (tertiary/aromatic N) is 1. The number of carboxylic acid groups (broad SMARTS) is 1. The van der Waals surface area contributed by atoms with E-state index in [9.17, 15) is 9.90 Å². The summed E-state index contributed by atoms with van der Waals surface area (Å²) in [6, 6.07) is 11.9. The monoisotopic (exact) mass is 265 g/mol. The van der Waals surface area contributed by atoms with E-state index in [1.807, 2.05) is 24.3 Å². The van der Waals surface area contributed by atoms with Crippen molar-refractivity contribution in [1.29, 1.82) is 0 Å². The molecule has 1 aromatic heterocycles. The number of benzene rings is 2. The van der Waals surface area contributed by atoms with Gasteiger partial charge in [0.15, 0.2) is 0 Å². The van der Waals surface area contributed by atoms with Crippen molar-refractivity contribution in [3.8, 4) is 16.9 Å². The molecule has 20 heavy (non-hydrogen) atoms. The first-order chi connectivity index (χ1) is 9.66. The highest BCUT2D eigenvalue weighted by Gasteiger charge is 2.11. The molecule has 1 heterocycles. The Labute approximate surface area is 115 Å². The van der Waals surface area contributed by atoms with Gasteiger partial charge in [0, 0.05) is 23.3 Å². The van der Waals surface area contributed by atoms with Gasteiger partial charge in [-0.1, -0.05) is 18.2 Å². The van der Waals surface area contributed by atoms with Crippen LogP contribution in [0.1, 0.15) is 10.4 Å². The molecule has 0 spiro atoms. The van der Waals surface area contributed by atoms with Crippen LogP contribution in [0.4, 0.5) is 0 Å². The van der Waals surface area contributed by atoms with E-state index in [2.05, 4.69) is 4.98 Å². The van der Waals surface area contributed by atoms with Crippen LogP contribution in [0.3, 0.4) is 0 Å². The lowest BCUT2D eigenvalue weighted by Gasteiger charge is -2.09. The first-order valence-corrected chi connectivity index (χ1v) is 6.06. The maximum atomic E-state index is 10.9. The molecule has 2 aromatic carbocycles. The highest BCUT2D eigenvalue weighted by atomic mass is 16.4. The van der Waals surface area contributed by atoms with E-state index in [1.165, 1.54) is 12.1 Å². The zero-order valence-corrected chi connectivity index (χ0v) is 10.4. The summed E-state index contributed by atoms with van der Waals surface area (Å²) in [6.07, 6.45) is 3.44. The van der Waals surface area contributed by atoms with Crippen LogP contribution in [0.15, 0.2) is 54.9 Å². The summed E-state index contributed by atoms with van der Waals surface area (Å²) in [7, 11) is 0. The Morgan fingerprint density at radius 3 is 2.65 bits per heavy atom. The van der Waals surface area contributed by atoms with Crippen molar-refractivity contribution in [3.05, 3.63) is 60.4 Å². The van der Waals surface area contributed by atoms with Crippen molar-refractivity contribution in [2.75, 3.05) is 0 Å². The molecule has 2 N–H and O–H groups in total. The summed E-state index contributed by atoms with van der Waals surface area (Å²) in [6.45, 7) is 0. The molecular formula is C16H11NO3. The number of carboxylic acids is 1. The van der Waals surface area contributed by atoms with Gasteiger partial charge in [0.1, 0.15) is 5.75 Å². The Morgan fingerprint density at radius 1 is 1.05 bits per heavy atom. The van der Waals surface area contributed by atoms with Crippen molar-refractivity contribution < 1.29 is 15.0 Å². The summed E-state index contributed by atoms with van der Waals surface area (Å²) in [5.74, 6) is -1.11. The van der Waals surface area contributed by atoms with Gasteiger partial charge in [-0.25, -0.2) is 4.79 Å². The number of phenolic OH excluding ortho intramolecular Hbond substituents is 1. The van der Waals surface area contributed by atoms with E-state index in [4.69, 9.17) is 5.11 Å². The van der Waals surface area contributed by atoms with Gasteiger partial charge < -0.3 is 10.2 Å². The molecule has 98 valence electrons. The van der Waals surface area contributed by atoms with Gasteiger partial charge in [0.25, 0.3) is 0 Å². The molecule has 4 heteroatoms. The number of pyridine rings is 1. The van der Waals surface area contributed by atoms with E-state index < -0.39 is 5.97 Å². The number of carbonyl (C=O) groups is 1. The van der Waals surface area contributed by atoms with E-state index in [-0.39, 0.29) is 11.3 Å². The zero-order chi connectivity index (χ0) is 14.1. The minimum absolute atomic E-state index is 0.0470. The lowest BCUT2D eigenvalue weighted by Crippen LogP contribution is -1.95. The number of aromatic nitrogens is 1. The molecule has 0 saturated carbocycles. The maximum absolute atomic E-state index is 10.9. The molecule has 3 aromatic rings. The van der Waals surface area contributed by atoms with Gasteiger partial charge in [-0.15, -0.1) is 0 Å². The Bertz CT molecular complexity index is 806. The summed E-state index contributed by atoms with van der Waals surface area (Å²) >= 11 is 0. The minimum atomic E-state index is -1.06. The smallest absolute Gasteiger partial charge is 0.335 e. The third-order valence-corrected chi connectivity index (χ3v) is 3.22. The lowest BCUT2D eigenvalue weighted by atomic mass is 9.97. The van der Waals surface area contributed by atoms with E-state index in [0.29, 0.717) is 5.56 Å². The third kappa shape index (κ3) is 1.97. The molecule has 0 bridgehead atoms. The first kappa shape index (κ1) is 12.2. The molecule has 0 radical (unpaired) electrons. The standard InChI is InChI=1S/C16H11NO3/c18-15-8-10(16(19)20)4-5-14(15)13-3-1-2-11-9-17-7-6-12(11)13/h1-9,18H,(H,19,20). The fraction of sp³-hybridized carbons (Fsp3) is 0. The van der Waals surface area contributed by atoms with Crippen molar-refractivity contribution in [2.45, 2.75) is 0 Å². The van der Waals surface area contributed by atoms with Crippen LogP contribution in [0, 0.1) is 0 Å². The van der Waals surface area contributed by atoms with Crippen LogP contribution in [0.5, 0.6) is 5.75 Å². The number of hydrogen-bond acceptors (Lipinski definition) is 3. The maximum Gasteiger partial charge on any atom is 0.335 e. The summed E-state index contributed by atoms with van der Waals surface area (Å²) in [4.78, 5) is 15.0. The second-order valence-corrected chi connectivity index (χ2v) is 4.44. The number of phenols is 1. The minimum Gasteiger partial charge on any atom is -0.507 e. The number of fused-ring (bicyclic) bond motifs is 1. The second kappa shape index (κ2) is 4.66. The van der Waals surface area contributed by atoms with Crippen molar-refractivity contribution in [2.24, 2.45) is 0 Å². The predicted octanol–water partition coefficient (Wildman–Crippen LogP) is 3.31. The van der Waals surface area contributed by atoms with Crippen LogP contribution < -0.4 is 0 Å². The van der Waals surface area contributed by atoms with Gasteiger partial charge >= 0.3 is 5.97 Å². The van der Waals surface area contributed by atoms with Crippen LogP contribution in [-0.4, -0.2) is 21.2 Å². The highest BCUT2D eigenvalue weighted by Crippen LogP contribution is 2.34. The number of aromatic hydroxyl groups is 1. The molecule has 3 rings (SSSR count). The molecule has 0 fully saturated rings. The normalized spacial score (nSPS) is 10.6. The summed E-state index contributed by atoms with van der Waals surface area (Å²) in [5.41, 5.74) is 1.51. The predicted molar refractivity (Wildman–Crippen MR) is 75.8 cm³/mol. The van der Waals surface area contributed by atoms with Crippen LogP contribution in [0.2, 0.25) is 0 Å². The Kier molecular flexibility index (Phi) is 2.84. The average molecular weight is 265 g/mol. The molecule has 0 aliphatic carbocycles. The fourth-order valence-electron chi connectivity index (χ4n) is 2.25. The van der Waals surface area contributed by atoms with Crippen LogP contribution >= 0.6 is 0 Å². The molecule has 0 aliphatic rings. The number of hydrogen-bond donors (Lipinski definition) is 2. The van der Waals surface area contributed by atoms with Gasteiger partial charge in [0.2, 0.25) is 0 Å². The quantitative estimate of drug-likeness (QED) is 0.745. The molecule has 4 nitrogen and oxygen atoms in total. The number of rotatable bonds is 2. The fourth-order valence-corrected chi connectivity index (χ4v) is 2.25. The summed E-state index contributed by atoms with van der Waals surface area (Å²) in [5, 5.41) is 20.9. The topological polar surface area (TPSA) is 70.4 Å². The molecule has 0 aliphatic heterocycles. The number of aromatic carboxylic acids is 1. The zero-order valence-electron chi connectivity index (χ0n) is 10.4. The van der Waals surface area contributed by atoms with Gasteiger partial charge in [-0.3, -0.25) is 4.98 Å². The Hall–Kier alpha value is -2.88. The van der Waals surface area contributed by atoms with Crippen molar-refractivity contribution in [3.63, 3.8) is 0 Å². The van der Waals surface area contributed by atoms with Crippen molar-refractivity contribution >= 4 is 16.7 Å². The lowest BCUT2D eigenvalue weighted by molar-refractivity contribution is 0.0696. The van der Waals surface area contributed by atoms with Crippen LogP contribution in [0.25, 0.3) is 21.9 Å². The van der Waals surface area contributed by atoms with Gasteiger partial charge in [-0.05, 0) is 35.2 Å². The second-order valence-electron chi connectivity index (χ2n) is 4.44. The van der Waals surface area contributed by atoms with Crippen LogP contribution in [-0.2, 0) is 0 Å². The van der Waals surface area contributed by atoms with Crippen molar-refractivity contribution in [1.82, 2.24) is 4.98 Å². The first-order valence-electron chi connectivity index (χ1n) is 6.06. The Morgan fingerprint density at radius 2 is 1.90 bits per heavy atom. The Balaban J connectivity index is 2.23. The molecule has 0 amide bonds. The summed E-state index contributed by atoms with van der Waals surface area (Å²) < 4.78 is 0. The highest BCUT2D eigenvalue weighted by molar-refractivity contribution is 5.98. The van der Waals surface area contributed by atoms with E-state index in [1.54, 1.807) is 18.5 Å². The molecule has 0 saturated heterocycles. The van der Waals surface area contributed by atoms with Gasteiger partial charge in [-0.2, -0.15) is 0 Å². The largest absolute Gasteiger partial charge is 0.507 e. The van der Waals surface area contributed by atoms with E-state index in [0.717, 1.165) is 16.3 Å². The third-order valence-electron chi connectivity index (χ3n) is 3.22.